The van der Waals surface area contributed by atoms with E-state index in [0.29, 0.717) is 65.0 Å². The summed E-state index contributed by atoms with van der Waals surface area (Å²) in [6.45, 7) is 3.59. The molecule has 4 N–H and O–H groups in total. The lowest BCUT2D eigenvalue weighted by Crippen LogP contribution is -2.30. The fraction of sp³-hybridized carbons (Fsp3) is 0.286. The molecule has 0 bridgehead atoms. The molecule has 20 heteroatoms. The molecule has 2 aliphatic carbocycles. The van der Waals surface area contributed by atoms with Gasteiger partial charge in [0.25, 0.3) is 5.56 Å². The number of amides is 1. The summed E-state index contributed by atoms with van der Waals surface area (Å²) in [5.74, 6) is -3.52. The summed E-state index contributed by atoms with van der Waals surface area (Å²) in [5.41, 5.74) is 7.43. The van der Waals surface area contributed by atoms with Gasteiger partial charge in [-0.2, -0.15) is 39.5 Å². The molecule has 0 unspecified atom stereocenters. The number of carbonyl (C=O) groups is 3. The van der Waals surface area contributed by atoms with Crippen LogP contribution in [0.3, 0.4) is 0 Å². The Bertz CT molecular complexity index is 2850. The normalized spacial score (nSPS) is 14.0. The number of esters is 2. The van der Waals surface area contributed by atoms with E-state index in [1.807, 2.05) is 30.3 Å². The first-order valence-corrected chi connectivity index (χ1v) is 21.3. The monoisotopic (exact) mass is 970 g/mol. The van der Waals surface area contributed by atoms with E-state index in [2.05, 4.69) is 9.97 Å². The third-order valence-corrected chi connectivity index (χ3v) is 10.8. The maximum atomic E-state index is 13.6. The standard InChI is InChI=1S/C27H25F3N2O3.C22H18F6N2O4/c1-2-34-26(33)19-11-18(12-21(31)13-19)22-9-6-10-23(22)24-14-20(27(28,29)30)15-32-25(24)35-16-17-7-4-3-5-8-17;1-2-34-19(32)12-6-11(7-14(8-12)30-20(33)22(26,27)28)15-4-3-5-16(15)17-9-13(21(23,24)25)10-29-18(17)31/h3-5,7-8,11-15H,2,6,9-10,16,31H2,1H3;6-10H,2-5H2,1H3,(H,29,31)(H,30,33). The molecule has 7 rings (SSSR count). The summed E-state index contributed by atoms with van der Waals surface area (Å²) in [4.78, 5) is 54.4. The van der Waals surface area contributed by atoms with Crippen molar-refractivity contribution < 1.29 is 68.1 Å². The van der Waals surface area contributed by atoms with Gasteiger partial charge >= 0.3 is 36.4 Å². The minimum absolute atomic E-state index is 0.0269. The van der Waals surface area contributed by atoms with Gasteiger partial charge in [0.2, 0.25) is 5.88 Å². The van der Waals surface area contributed by atoms with Crippen molar-refractivity contribution in [2.24, 2.45) is 0 Å². The highest BCUT2D eigenvalue weighted by Gasteiger charge is 2.39. The summed E-state index contributed by atoms with van der Waals surface area (Å²) in [7, 11) is 0. The molecule has 0 saturated heterocycles. The van der Waals surface area contributed by atoms with Gasteiger partial charge in [0.1, 0.15) is 6.61 Å². The number of nitrogens with two attached hydrogens (primary N) is 1. The van der Waals surface area contributed by atoms with Crippen LogP contribution in [-0.2, 0) is 33.2 Å². The zero-order chi connectivity index (χ0) is 50.3. The first-order chi connectivity index (χ1) is 32.6. The molecule has 0 aliphatic heterocycles. The van der Waals surface area contributed by atoms with Crippen molar-refractivity contribution >= 4 is 51.5 Å². The van der Waals surface area contributed by atoms with E-state index in [9.17, 15) is 58.7 Å². The van der Waals surface area contributed by atoms with Gasteiger partial charge in [-0.3, -0.25) is 9.59 Å². The zero-order valence-electron chi connectivity index (χ0n) is 36.8. The van der Waals surface area contributed by atoms with Crippen LogP contribution < -0.4 is 21.3 Å². The summed E-state index contributed by atoms with van der Waals surface area (Å²) in [6, 6.07) is 19.5. The van der Waals surface area contributed by atoms with Crippen molar-refractivity contribution in [3.05, 3.63) is 152 Å². The molecule has 364 valence electrons. The molecule has 0 saturated carbocycles. The maximum Gasteiger partial charge on any atom is 0.471 e. The van der Waals surface area contributed by atoms with Gasteiger partial charge in [0.15, 0.2) is 0 Å². The van der Waals surface area contributed by atoms with Gasteiger partial charge < -0.3 is 30.2 Å². The van der Waals surface area contributed by atoms with E-state index in [-0.39, 0.29) is 66.5 Å². The molecule has 0 atom stereocenters. The average Bonchev–Trinajstić information content (AvgIpc) is 3.99. The molecule has 1 amide bonds. The number of rotatable bonds is 12. The van der Waals surface area contributed by atoms with Gasteiger partial charge in [-0.05, 0) is 140 Å². The van der Waals surface area contributed by atoms with Crippen LogP contribution in [0.25, 0.3) is 22.3 Å². The number of nitrogens with zero attached hydrogens (tertiary/aromatic N) is 1. The number of ether oxygens (including phenoxy) is 3. The van der Waals surface area contributed by atoms with E-state index in [4.69, 9.17) is 19.9 Å². The minimum atomic E-state index is -5.19. The molecule has 2 aliphatic rings. The molecule has 11 nitrogen and oxygen atoms in total. The largest absolute Gasteiger partial charge is 0.472 e. The van der Waals surface area contributed by atoms with E-state index in [1.165, 1.54) is 19.1 Å². The van der Waals surface area contributed by atoms with Gasteiger partial charge in [0, 0.05) is 34.9 Å². The first kappa shape index (κ1) is 51.0. The van der Waals surface area contributed by atoms with Crippen LogP contribution in [0.5, 0.6) is 5.88 Å². The lowest BCUT2D eigenvalue weighted by Gasteiger charge is -2.16. The number of nitrogen functional groups attached to an aromatic ring is 1. The molecular formula is C49H43F9N4O7. The fourth-order valence-electron chi connectivity index (χ4n) is 7.82. The SMILES string of the molecule is CCOC(=O)c1cc(N)cc(C2=C(c3cc(C(F)(F)F)cnc3OCc3ccccc3)CCC2)c1.CCOC(=O)c1cc(NC(=O)C(F)(F)F)cc(C2=C(c3cc(C(F)(F)F)c[nH]c3=O)CCC2)c1. The Kier molecular flexibility index (Phi) is 15.7. The number of carbonyl (C=O) groups excluding carboxylic acids is 3. The number of pyridine rings is 2. The molecule has 0 fully saturated rings. The van der Waals surface area contributed by atoms with Crippen LogP contribution in [-0.4, -0.2) is 47.2 Å². The number of alkyl halides is 9. The number of benzene rings is 3. The van der Waals surface area contributed by atoms with E-state index < -0.39 is 53.1 Å². The van der Waals surface area contributed by atoms with Crippen LogP contribution in [0.2, 0.25) is 0 Å². The Morgan fingerprint density at radius 2 is 1.22 bits per heavy atom. The smallest absolute Gasteiger partial charge is 0.471 e. The Hall–Kier alpha value is -7.38. The highest BCUT2D eigenvalue weighted by Crippen LogP contribution is 2.45. The summed E-state index contributed by atoms with van der Waals surface area (Å²) < 4.78 is 134. The van der Waals surface area contributed by atoms with Crippen molar-refractivity contribution in [1.82, 2.24) is 9.97 Å². The van der Waals surface area contributed by atoms with Gasteiger partial charge in [-0.25, -0.2) is 14.6 Å². The number of anilines is 2. The fourth-order valence-corrected chi connectivity index (χ4v) is 7.82. The number of aromatic nitrogens is 2. The first-order valence-electron chi connectivity index (χ1n) is 21.3. The number of aromatic amines is 1. The second kappa shape index (κ2) is 21.3. The third kappa shape index (κ3) is 12.8. The van der Waals surface area contributed by atoms with Crippen molar-refractivity contribution in [2.75, 3.05) is 24.3 Å². The summed E-state index contributed by atoms with van der Waals surface area (Å²) >= 11 is 0. The lowest BCUT2D eigenvalue weighted by atomic mass is 9.95. The van der Waals surface area contributed by atoms with E-state index in [1.54, 1.807) is 24.4 Å². The second-order valence-corrected chi connectivity index (χ2v) is 15.6. The maximum absolute atomic E-state index is 13.6. The zero-order valence-corrected chi connectivity index (χ0v) is 36.8. The molecule has 5 aromatic rings. The average molecular weight is 971 g/mol. The molecule has 2 heterocycles. The lowest BCUT2D eigenvalue weighted by molar-refractivity contribution is -0.167. The highest BCUT2D eigenvalue weighted by atomic mass is 19.4. The van der Waals surface area contributed by atoms with Crippen LogP contribution in [0.1, 0.15) is 112 Å². The minimum Gasteiger partial charge on any atom is -0.472 e. The Labute approximate surface area is 388 Å². The second-order valence-electron chi connectivity index (χ2n) is 15.6. The van der Waals surface area contributed by atoms with Crippen molar-refractivity contribution in [3.63, 3.8) is 0 Å². The van der Waals surface area contributed by atoms with Gasteiger partial charge in [-0.1, -0.05) is 30.3 Å². The summed E-state index contributed by atoms with van der Waals surface area (Å²) in [5, 5.41) is 1.67. The van der Waals surface area contributed by atoms with E-state index >= 15 is 0 Å². The predicted octanol–water partition coefficient (Wildman–Crippen LogP) is 11.7. The number of H-pyrrole nitrogens is 1. The van der Waals surface area contributed by atoms with Crippen molar-refractivity contribution in [2.45, 2.75) is 77.5 Å². The quantitative estimate of drug-likeness (QED) is 0.0627. The molecule has 0 spiro atoms. The van der Waals surface area contributed by atoms with Crippen LogP contribution in [0, 0.1) is 0 Å². The van der Waals surface area contributed by atoms with Crippen molar-refractivity contribution in [3.8, 4) is 5.88 Å². The number of allylic oxidation sites excluding steroid dienone is 4. The predicted molar refractivity (Wildman–Crippen MR) is 237 cm³/mol. The number of nitrogens with one attached hydrogen (secondary N) is 2. The summed E-state index contributed by atoms with van der Waals surface area (Å²) in [6.07, 6.45) is -10.2. The number of hydrogen-bond donors (Lipinski definition) is 3. The molecule has 0 radical (unpaired) electrons. The molecule has 3 aromatic carbocycles. The van der Waals surface area contributed by atoms with Crippen LogP contribution in [0.4, 0.5) is 50.9 Å². The molecular weight excluding hydrogens is 928 g/mol. The number of halogens is 9. The van der Waals surface area contributed by atoms with Gasteiger partial charge in [-0.15, -0.1) is 0 Å². The third-order valence-electron chi connectivity index (χ3n) is 10.8. The van der Waals surface area contributed by atoms with Crippen LogP contribution >= 0.6 is 0 Å². The topological polar surface area (TPSA) is 163 Å². The Balaban J connectivity index is 0.000000227. The molecule has 69 heavy (non-hydrogen) atoms. The highest BCUT2D eigenvalue weighted by molar-refractivity contribution is 6.01. The van der Waals surface area contributed by atoms with Crippen molar-refractivity contribution in [1.29, 1.82) is 0 Å². The number of hydrogen-bond acceptors (Lipinski definition) is 9. The van der Waals surface area contributed by atoms with E-state index in [0.717, 1.165) is 42.0 Å². The van der Waals surface area contributed by atoms with Crippen LogP contribution in [0.15, 0.2) is 96.1 Å². The van der Waals surface area contributed by atoms with Gasteiger partial charge in [0.05, 0.1) is 35.5 Å². The Morgan fingerprint density at radius 3 is 1.78 bits per heavy atom. The Morgan fingerprint density at radius 1 is 0.681 bits per heavy atom. The molecule has 2 aromatic heterocycles.